The molecule has 2 heterocycles. The van der Waals surface area contributed by atoms with Gasteiger partial charge in [-0.1, -0.05) is 0 Å². The van der Waals surface area contributed by atoms with Crippen LogP contribution in [0.5, 0.6) is 0 Å². The largest absolute Gasteiger partial charge is 0.311 e. The predicted octanol–water partition coefficient (Wildman–Crippen LogP) is 3.06. The molecule has 1 aromatic carbocycles. The number of hydrogen-bond donors (Lipinski definition) is 1. The molecule has 0 saturated carbocycles. The molecule has 2 aromatic heterocycles. The normalized spacial score (nSPS) is 11.2. The van der Waals surface area contributed by atoms with Gasteiger partial charge in [-0.2, -0.15) is 10.2 Å². The maximum Gasteiger partial charge on any atom is 0.151 e. The molecular formula is C18H21F2N5. The van der Waals surface area contributed by atoms with Gasteiger partial charge in [-0.3, -0.25) is 4.68 Å². The standard InChI is InChI=1S/C18H21F2N5/c1-12-9-22-24(11-12)7-6-21-10-16-13(2)23-25(14(16)3)18-5-4-15(19)8-17(18)20/h4-5,8-9,11,21H,6-7,10H2,1-3H3. The number of halogens is 2. The average Bonchev–Trinajstić information content (AvgIpc) is 3.09. The van der Waals surface area contributed by atoms with Gasteiger partial charge < -0.3 is 5.32 Å². The molecule has 0 fully saturated rings. The van der Waals surface area contributed by atoms with Crippen LogP contribution in [0.25, 0.3) is 5.69 Å². The van der Waals surface area contributed by atoms with Gasteiger partial charge >= 0.3 is 0 Å². The molecule has 0 atom stereocenters. The Morgan fingerprint density at radius 1 is 1.16 bits per heavy atom. The quantitative estimate of drug-likeness (QED) is 0.699. The van der Waals surface area contributed by atoms with E-state index in [1.165, 1.54) is 16.8 Å². The predicted molar refractivity (Wildman–Crippen MR) is 91.6 cm³/mol. The Labute approximate surface area is 145 Å². The van der Waals surface area contributed by atoms with Crippen molar-refractivity contribution in [1.29, 1.82) is 0 Å². The van der Waals surface area contributed by atoms with Crippen LogP contribution in [0.4, 0.5) is 8.78 Å². The second-order valence-electron chi connectivity index (χ2n) is 6.11. The summed E-state index contributed by atoms with van der Waals surface area (Å²) in [5.41, 5.74) is 4.06. The zero-order chi connectivity index (χ0) is 18.0. The van der Waals surface area contributed by atoms with Crippen LogP contribution >= 0.6 is 0 Å². The third kappa shape index (κ3) is 3.76. The molecule has 0 aliphatic carbocycles. The third-order valence-corrected chi connectivity index (χ3v) is 4.16. The first kappa shape index (κ1) is 17.3. The van der Waals surface area contributed by atoms with E-state index in [2.05, 4.69) is 15.5 Å². The van der Waals surface area contributed by atoms with E-state index in [-0.39, 0.29) is 5.69 Å². The maximum absolute atomic E-state index is 14.0. The fourth-order valence-corrected chi connectivity index (χ4v) is 2.81. The summed E-state index contributed by atoms with van der Waals surface area (Å²) < 4.78 is 30.5. The Bertz CT molecular complexity index is 882. The molecule has 0 unspecified atom stereocenters. The molecule has 0 bridgehead atoms. The summed E-state index contributed by atoms with van der Waals surface area (Å²) in [7, 11) is 0. The molecule has 25 heavy (non-hydrogen) atoms. The fourth-order valence-electron chi connectivity index (χ4n) is 2.81. The zero-order valence-electron chi connectivity index (χ0n) is 14.6. The van der Waals surface area contributed by atoms with Crippen LogP contribution in [-0.2, 0) is 13.1 Å². The molecule has 0 aliphatic rings. The van der Waals surface area contributed by atoms with Crippen molar-refractivity contribution in [3.8, 4) is 5.69 Å². The van der Waals surface area contributed by atoms with E-state index >= 15 is 0 Å². The zero-order valence-corrected chi connectivity index (χ0v) is 14.6. The topological polar surface area (TPSA) is 47.7 Å². The number of aryl methyl sites for hydroxylation is 2. The van der Waals surface area contributed by atoms with Crippen LogP contribution in [0.2, 0.25) is 0 Å². The Kier molecular flexibility index (Phi) is 4.94. The van der Waals surface area contributed by atoms with Crippen molar-refractivity contribution in [3.05, 3.63) is 64.7 Å². The molecule has 3 rings (SSSR count). The van der Waals surface area contributed by atoms with E-state index in [0.29, 0.717) is 6.54 Å². The van der Waals surface area contributed by atoms with Crippen LogP contribution in [0.15, 0.2) is 30.6 Å². The second-order valence-corrected chi connectivity index (χ2v) is 6.11. The van der Waals surface area contributed by atoms with E-state index in [1.807, 2.05) is 37.8 Å². The smallest absolute Gasteiger partial charge is 0.151 e. The summed E-state index contributed by atoms with van der Waals surface area (Å²) in [4.78, 5) is 0. The molecule has 7 heteroatoms. The molecule has 0 saturated heterocycles. The Morgan fingerprint density at radius 2 is 1.96 bits per heavy atom. The Balaban J connectivity index is 1.69. The number of rotatable bonds is 6. The van der Waals surface area contributed by atoms with Crippen molar-refractivity contribution in [2.45, 2.75) is 33.9 Å². The number of hydrogen-bond acceptors (Lipinski definition) is 3. The number of benzene rings is 1. The van der Waals surface area contributed by atoms with Crippen LogP contribution in [0.3, 0.4) is 0 Å². The molecule has 1 N–H and O–H groups in total. The van der Waals surface area contributed by atoms with Gasteiger partial charge in [0.25, 0.3) is 0 Å². The average molecular weight is 345 g/mol. The van der Waals surface area contributed by atoms with Crippen molar-refractivity contribution < 1.29 is 8.78 Å². The van der Waals surface area contributed by atoms with Crippen LogP contribution in [0, 0.1) is 32.4 Å². The van der Waals surface area contributed by atoms with Crippen molar-refractivity contribution >= 4 is 0 Å². The fraction of sp³-hybridized carbons (Fsp3) is 0.333. The molecular weight excluding hydrogens is 324 g/mol. The van der Waals surface area contributed by atoms with Crippen LogP contribution in [0.1, 0.15) is 22.5 Å². The highest BCUT2D eigenvalue weighted by molar-refractivity contribution is 5.38. The summed E-state index contributed by atoms with van der Waals surface area (Å²) in [6.07, 6.45) is 3.82. The van der Waals surface area contributed by atoms with E-state index in [9.17, 15) is 8.78 Å². The minimum atomic E-state index is -0.626. The van der Waals surface area contributed by atoms with Crippen molar-refractivity contribution in [3.63, 3.8) is 0 Å². The van der Waals surface area contributed by atoms with E-state index in [1.54, 1.807) is 0 Å². The van der Waals surface area contributed by atoms with Gasteiger partial charge in [0.1, 0.15) is 11.5 Å². The number of nitrogens with zero attached hydrogens (tertiary/aromatic N) is 4. The monoisotopic (exact) mass is 345 g/mol. The lowest BCUT2D eigenvalue weighted by Gasteiger charge is -2.08. The van der Waals surface area contributed by atoms with Gasteiger partial charge in [0, 0.05) is 36.6 Å². The van der Waals surface area contributed by atoms with Gasteiger partial charge in [-0.05, 0) is 38.5 Å². The van der Waals surface area contributed by atoms with Crippen LogP contribution < -0.4 is 5.32 Å². The lowest BCUT2D eigenvalue weighted by atomic mass is 10.2. The van der Waals surface area contributed by atoms with Crippen molar-refractivity contribution in [2.24, 2.45) is 0 Å². The minimum absolute atomic E-state index is 0.250. The highest BCUT2D eigenvalue weighted by Gasteiger charge is 2.15. The summed E-state index contributed by atoms with van der Waals surface area (Å²) in [6.45, 7) is 7.94. The first-order valence-corrected chi connectivity index (χ1v) is 8.16. The third-order valence-electron chi connectivity index (χ3n) is 4.16. The van der Waals surface area contributed by atoms with Crippen molar-refractivity contribution in [2.75, 3.05) is 6.54 Å². The Morgan fingerprint density at radius 3 is 2.64 bits per heavy atom. The van der Waals surface area contributed by atoms with E-state index in [0.717, 1.165) is 41.7 Å². The highest BCUT2D eigenvalue weighted by atomic mass is 19.1. The first-order chi connectivity index (χ1) is 12.0. The lowest BCUT2D eigenvalue weighted by molar-refractivity contribution is 0.553. The summed E-state index contributed by atoms with van der Waals surface area (Å²) in [5.74, 6) is -1.22. The van der Waals surface area contributed by atoms with Gasteiger partial charge in [0.2, 0.25) is 0 Å². The second kappa shape index (κ2) is 7.14. The van der Waals surface area contributed by atoms with Gasteiger partial charge in [0.05, 0.1) is 18.4 Å². The minimum Gasteiger partial charge on any atom is -0.311 e. The van der Waals surface area contributed by atoms with Gasteiger partial charge in [0.15, 0.2) is 5.82 Å². The summed E-state index contributed by atoms with van der Waals surface area (Å²) in [6, 6.07) is 3.51. The number of nitrogens with one attached hydrogen (secondary N) is 1. The first-order valence-electron chi connectivity index (χ1n) is 8.16. The maximum atomic E-state index is 14.0. The summed E-state index contributed by atoms with van der Waals surface area (Å²) in [5, 5.41) is 12.0. The lowest BCUT2D eigenvalue weighted by Crippen LogP contribution is -2.20. The molecule has 0 spiro atoms. The Hall–Kier alpha value is -2.54. The highest BCUT2D eigenvalue weighted by Crippen LogP contribution is 2.20. The number of aromatic nitrogens is 4. The molecule has 132 valence electrons. The molecule has 0 amide bonds. The van der Waals surface area contributed by atoms with Gasteiger partial charge in [-0.15, -0.1) is 0 Å². The summed E-state index contributed by atoms with van der Waals surface area (Å²) >= 11 is 0. The molecule has 0 aliphatic heterocycles. The van der Waals surface area contributed by atoms with Crippen molar-refractivity contribution in [1.82, 2.24) is 24.9 Å². The van der Waals surface area contributed by atoms with Crippen LogP contribution in [-0.4, -0.2) is 26.1 Å². The van der Waals surface area contributed by atoms with E-state index < -0.39 is 11.6 Å². The van der Waals surface area contributed by atoms with Gasteiger partial charge in [-0.25, -0.2) is 13.5 Å². The molecule has 0 radical (unpaired) electrons. The SMILES string of the molecule is Cc1cnn(CCNCc2c(C)nn(-c3ccc(F)cc3F)c2C)c1. The molecule has 5 nitrogen and oxygen atoms in total. The molecule has 3 aromatic rings. The van der Waals surface area contributed by atoms with E-state index in [4.69, 9.17) is 0 Å².